The van der Waals surface area contributed by atoms with E-state index in [9.17, 15) is 4.79 Å². The van der Waals surface area contributed by atoms with Gasteiger partial charge < -0.3 is 19.9 Å². The number of benzene rings is 1. The number of ether oxygens (including phenoxy) is 2. The maximum absolute atomic E-state index is 11.0. The number of carboxylic acids is 1. The van der Waals surface area contributed by atoms with Gasteiger partial charge in [-0.15, -0.1) is 0 Å². The smallest absolute Gasteiger partial charge is 0.307 e. The van der Waals surface area contributed by atoms with Gasteiger partial charge in [-0.1, -0.05) is 6.07 Å². The fourth-order valence-electron chi connectivity index (χ4n) is 2.56. The number of fused-ring (bicyclic) bond motifs is 1. The van der Waals surface area contributed by atoms with Crippen LogP contribution in [-0.4, -0.2) is 30.8 Å². The van der Waals surface area contributed by atoms with Crippen molar-refractivity contribution < 1.29 is 19.4 Å². The molecule has 0 aliphatic carbocycles. The van der Waals surface area contributed by atoms with Gasteiger partial charge in [0.1, 0.15) is 13.2 Å². The molecule has 2 atom stereocenters. The number of nitrogens with one attached hydrogen (secondary N) is 1. The van der Waals surface area contributed by atoms with Gasteiger partial charge in [0.25, 0.3) is 0 Å². The van der Waals surface area contributed by atoms with E-state index in [1.165, 1.54) is 0 Å². The van der Waals surface area contributed by atoms with E-state index in [1.807, 2.05) is 12.1 Å². The predicted octanol–water partition coefficient (Wildman–Crippen LogP) is 1.96. The molecule has 1 aromatic carbocycles. The first-order chi connectivity index (χ1) is 9.16. The second-order valence-electron chi connectivity index (χ2n) is 4.72. The van der Waals surface area contributed by atoms with Crippen molar-refractivity contribution in [2.24, 2.45) is 5.92 Å². The third kappa shape index (κ3) is 2.30. The molecule has 2 unspecified atom stereocenters. The summed E-state index contributed by atoms with van der Waals surface area (Å²) < 4.78 is 12.2. The van der Waals surface area contributed by atoms with Gasteiger partial charge >= 0.3 is 5.97 Å². The lowest BCUT2D eigenvalue weighted by atomic mass is 9.99. The zero-order valence-electron chi connectivity index (χ0n) is 10.2. The number of carbonyl (C=O) groups is 1. The van der Waals surface area contributed by atoms with Gasteiger partial charge in [0.2, 0.25) is 0 Å². The second-order valence-corrected chi connectivity index (χ2v) is 5.58. The van der Waals surface area contributed by atoms with Crippen LogP contribution < -0.4 is 14.8 Å². The van der Waals surface area contributed by atoms with Crippen molar-refractivity contribution in [3.8, 4) is 11.5 Å². The molecule has 2 N–H and O–H groups in total. The highest BCUT2D eigenvalue weighted by Crippen LogP contribution is 2.44. The summed E-state index contributed by atoms with van der Waals surface area (Å²) in [5.74, 6) is 0.348. The van der Waals surface area contributed by atoms with Gasteiger partial charge in [-0.25, -0.2) is 0 Å². The zero-order chi connectivity index (χ0) is 13.4. The summed E-state index contributed by atoms with van der Waals surface area (Å²) in [4.78, 5) is 11.0. The molecule has 0 radical (unpaired) electrons. The molecule has 0 spiro atoms. The normalized spacial score (nSPS) is 25.3. The van der Waals surface area contributed by atoms with Crippen LogP contribution in [0.2, 0.25) is 0 Å². The van der Waals surface area contributed by atoms with Crippen LogP contribution in [0.3, 0.4) is 0 Å². The van der Waals surface area contributed by atoms with Crippen LogP contribution in [0.25, 0.3) is 0 Å². The molecular weight excluding hydrogens is 314 g/mol. The predicted molar refractivity (Wildman–Crippen MR) is 71.6 cm³/mol. The van der Waals surface area contributed by atoms with E-state index in [0.29, 0.717) is 31.9 Å². The lowest BCUT2D eigenvalue weighted by Crippen LogP contribution is -2.20. The molecule has 102 valence electrons. The highest BCUT2D eigenvalue weighted by molar-refractivity contribution is 9.10. The Kier molecular flexibility index (Phi) is 3.36. The molecule has 1 saturated heterocycles. The fraction of sp³-hybridized carbons (Fsp3) is 0.462. The lowest BCUT2D eigenvalue weighted by molar-refractivity contribution is -0.141. The molecule has 2 aliphatic heterocycles. The van der Waals surface area contributed by atoms with E-state index in [2.05, 4.69) is 21.2 Å². The summed E-state index contributed by atoms with van der Waals surface area (Å²) in [5.41, 5.74) is 0.974. The van der Waals surface area contributed by atoms with Gasteiger partial charge in [-0.05, 0) is 28.4 Å². The second kappa shape index (κ2) is 5.02. The molecule has 2 heterocycles. The quantitative estimate of drug-likeness (QED) is 0.869. The number of aliphatic carboxylic acids is 1. The molecule has 1 fully saturated rings. The Bertz CT molecular complexity index is 520. The Hall–Kier alpha value is -1.27. The molecule has 6 heteroatoms. The Balaban J connectivity index is 1.92. The molecule has 3 rings (SSSR count). The minimum absolute atomic E-state index is 0.00431. The third-order valence-corrected chi connectivity index (χ3v) is 4.15. The molecule has 0 amide bonds. The van der Waals surface area contributed by atoms with Crippen LogP contribution >= 0.6 is 15.9 Å². The van der Waals surface area contributed by atoms with Crippen molar-refractivity contribution >= 4 is 21.9 Å². The first kappa shape index (κ1) is 12.7. The number of hydrogen-bond donors (Lipinski definition) is 2. The summed E-state index contributed by atoms with van der Waals surface area (Å²) in [7, 11) is 0. The molecular formula is C13H14BrNO4. The molecule has 0 bridgehead atoms. The van der Waals surface area contributed by atoms with E-state index >= 15 is 0 Å². The first-order valence-corrected chi connectivity index (χ1v) is 7.00. The molecule has 19 heavy (non-hydrogen) atoms. The minimum Gasteiger partial charge on any atom is -0.486 e. The molecule has 0 aromatic heterocycles. The van der Waals surface area contributed by atoms with E-state index in [0.717, 1.165) is 15.8 Å². The van der Waals surface area contributed by atoms with Crippen molar-refractivity contribution in [2.45, 2.75) is 12.5 Å². The van der Waals surface area contributed by atoms with E-state index in [4.69, 9.17) is 14.6 Å². The summed E-state index contributed by atoms with van der Waals surface area (Å²) >= 11 is 3.44. The highest BCUT2D eigenvalue weighted by atomic mass is 79.9. The minimum atomic E-state index is -0.752. The van der Waals surface area contributed by atoms with E-state index in [-0.39, 0.29) is 12.0 Å². The fourth-order valence-corrected chi connectivity index (χ4v) is 2.99. The molecule has 2 aliphatic rings. The van der Waals surface area contributed by atoms with E-state index < -0.39 is 5.97 Å². The van der Waals surface area contributed by atoms with Crippen LogP contribution in [0.15, 0.2) is 16.6 Å². The maximum atomic E-state index is 11.0. The maximum Gasteiger partial charge on any atom is 0.307 e. The summed E-state index contributed by atoms with van der Waals surface area (Å²) in [5, 5.41) is 12.3. The van der Waals surface area contributed by atoms with Crippen LogP contribution in [0.1, 0.15) is 18.0 Å². The van der Waals surface area contributed by atoms with Crippen LogP contribution in [-0.2, 0) is 4.79 Å². The van der Waals surface area contributed by atoms with Crippen LogP contribution in [0, 0.1) is 5.92 Å². The van der Waals surface area contributed by atoms with Crippen molar-refractivity contribution in [2.75, 3.05) is 19.8 Å². The largest absolute Gasteiger partial charge is 0.486 e. The van der Waals surface area contributed by atoms with Gasteiger partial charge in [0, 0.05) is 18.2 Å². The monoisotopic (exact) mass is 327 g/mol. The van der Waals surface area contributed by atoms with Crippen LogP contribution in [0.5, 0.6) is 11.5 Å². The number of hydrogen-bond acceptors (Lipinski definition) is 4. The Labute approximate surface area is 119 Å². The summed E-state index contributed by atoms with van der Waals surface area (Å²) in [6.45, 7) is 1.54. The van der Waals surface area contributed by atoms with Gasteiger partial charge in [0.05, 0.1) is 10.4 Å². The number of halogens is 1. The zero-order valence-corrected chi connectivity index (χ0v) is 11.8. The SMILES string of the molecule is O=C(O)C1CNC(c2ccc(Br)c3c2OCCO3)C1. The van der Waals surface area contributed by atoms with Gasteiger partial charge in [-0.3, -0.25) is 4.79 Å². The third-order valence-electron chi connectivity index (χ3n) is 3.53. The summed E-state index contributed by atoms with van der Waals surface area (Å²) in [6, 6.07) is 3.88. The average Bonchev–Trinajstić information content (AvgIpc) is 2.89. The summed E-state index contributed by atoms with van der Waals surface area (Å²) in [6.07, 6.45) is 0.576. The van der Waals surface area contributed by atoms with Gasteiger partial charge in [0.15, 0.2) is 11.5 Å². The van der Waals surface area contributed by atoms with Crippen molar-refractivity contribution in [3.63, 3.8) is 0 Å². The highest BCUT2D eigenvalue weighted by Gasteiger charge is 2.33. The van der Waals surface area contributed by atoms with Crippen molar-refractivity contribution in [3.05, 3.63) is 22.2 Å². The average molecular weight is 328 g/mol. The van der Waals surface area contributed by atoms with Crippen molar-refractivity contribution in [1.82, 2.24) is 5.32 Å². The molecule has 5 nitrogen and oxygen atoms in total. The number of rotatable bonds is 2. The van der Waals surface area contributed by atoms with Crippen molar-refractivity contribution in [1.29, 1.82) is 0 Å². The first-order valence-electron chi connectivity index (χ1n) is 6.21. The Morgan fingerprint density at radius 3 is 2.74 bits per heavy atom. The standard InChI is InChI=1S/C13H14BrNO4/c14-9-2-1-8(11-12(9)19-4-3-18-11)10-5-7(6-15-10)13(16)17/h1-2,7,10,15H,3-6H2,(H,16,17). The topological polar surface area (TPSA) is 67.8 Å². The Morgan fingerprint density at radius 1 is 1.32 bits per heavy atom. The number of carboxylic acid groups (broad SMARTS) is 1. The lowest BCUT2D eigenvalue weighted by Gasteiger charge is -2.24. The van der Waals surface area contributed by atoms with Gasteiger partial charge in [-0.2, -0.15) is 0 Å². The molecule has 0 saturated carbocycles. The molecule has 1 aromatic rings. The Morgan fingerprint density at radius 2 is 2.05 bits per heavy atom. The van der Waals surface area contributed by atoms with E-state index in [1.54, 1.807) is 0 Å². The van der Waals surface area contributed by atoms with Crippen LogP contribution in [0.4, 0.5) is 0 Å².